The third-order valence-corrected chi connectivity index (χ3v) is 2.30. The fourth-order valence-electron chi connectivity index (χ4n) is 1.03. The third-order valence-electron chi connectivity index (χ3n) is 1.75. The van der Waals surface area contributed by atoms with Crippen molar-refractivity contribution in [2.24, 2.45) is 5.73 Å². The molecule has 1 atom stereocenters. The Kier molecular flexibility index (Phi) is 3.50. The van der Waals surface area contributed by atoms with Crippen LogP contribution in [0.15, 0.2) is 21.8 Å². The van der Waals surface area contributed by atoms with Gasteiger partial charge in [0.2, 0.25) is 0 Å². The zero-order valence-corrected chi connectivity index (χ0v) is 8.92. The molecule has 1 rings (SSSR count). The second-order valence-corrected chi connectivity index (χ2v) is 3.60. The van der Waals surface area contributed by atoms with Crippen LogP contribution in [0, 0.1) is 0 Å². The van der Waals surface area contributed by atoms with E-state index in [1.165, 1.54) is 0 Å². The molecule has 1 unspecified atom stereocenters. The number of hydrogen-bond donors (Lipinski definition) is 1. The van der Waals surface area contributed by atoms with Gasteiger partial charge in [-0.2, -0.15) is 13.2 Å². The van der Waals surface area contributed by atoms with Crippen LogP contribution >= 0.6 is 15.9 Å². The molecule has 0 saturated carbocycles. The van der Waals surface area contributed by atoms with E-state index in [1.54, 1.807) is 0 Å². The minimum absolute atomic E-state index is 0.0345. The van der Waals surface area contributed by atoms with Gasteiger partial charge in [-0.15, -0.1) is 0 Å². The first kappa shape index (κ1) is 12.2. The van der Waals surface area contributed by atoms with Crippen molar-refractivity contribution < 1.29 is 13.2 Å². The third kappa shape index (κ3) is 2.57. The molecular weight excluding hydrogens is 279 g/mol. The van der Waals surface area contributed by atoms with Gasteiger partial charge in [-0.25, -0.2) is 4.98 Å². The maximum Gasteiger partial charge on any atom is 0.410 e. The number of aromatic nitrogens is 2. The molecule has 4 nitrogen and oxygen atoms in total. The van der Waals surface area contributed by atoms with Crippen LogP contribution in [0.2, 0.25) is 0 Å². The Labute approximate surface area is 91.0 Å². The molecule has 8 heteroatoms. The van der Waals surface area contributed by atoms with Crippen molar-refractivity contribution in [3.8, 4) is 0 Å². The average molecular weight is 286 g/mol. The molecular formula is C7H7BrF3N3O. The van der Waals surface area contributed by atoms with E-state index in [-0.39, 0.29) is 4.47 Å². The van der Waals surface area contributed by atoms with Crippen molar-refractivity contribution in [3.05, 3.63) is 27.4 Å². The summed E-state index contributed by atoms with van der Waals surface area (Å²) in [4.78, 5) is 14.8. The monoisotopic (exact) mass is 285 g/mol. The number of nitrogens with zero attached hydrogens (tertiary/aromatic N) is 2. The summed E-state index contributed by atoms with van der Waals surface area (Å²) in [6.45, 7) is -0.707. The van der Waals surface area contributed by atoms with E-state index in [1.807, 2.05) is 0 Å². The van der Waals surface area contributed by atoms with Gasteiger partial charge in [0.15, 0.2) is 0 Å². The fraction of sp³-hybridized carbons (Fsp3) is 0.429. The van der Waals surface area contributed by atoms with Crippen molar-refractivity contribution in [1.29, 1.82) is 0 Å². The molecule has 84 valence electrons. The predicted molar refractivity (Wildman–Crippen MR) is 50.3 cm³/mol. The highest BCUT2D eigenvalue weighted by atomic mass is 79.9. The van der Waals surface area contributed by atoms with E-state index in [9.17, 15) is 18.0 Å². The van der Waals surface area contributed by atoms with E-state index in [0.717, 1.165) is 12.5 Å². The van der Waals surface area contributed by atoms with Gasteiger partial charge in [0, 0.05) is 12.7 Å². The summed E-state index contributed by atoms with van der Waals surface area (Å²) in [5.74, 6) is 0. The molecule has 2 N–H and O–H groups in total. The van der Waals surface area contributed by atoms with Crippen LogP contribution in [0.25, 0.3) is 0 Å². The second-order valence-electron chi connectivity index (χ2n) is 2.75. The van der Waals surface area contributed by atoms with Crippen LogP contribution in [0.5, 0.6) is 0 Å². The molecule has 0 aliphatic carbocycles. The lowest BCUT2D eigenvalue weighted by Gasteiger charge is -2.20. The topological polar surface area (TPSA) is 60.9 Å². The van der Waals surface area contributed by atoms with Crippen LogP contribution in [0.3, 0.4) is 0 Å². The van der Waals surface area contributed by atoms with Gasteiger partial charge in [-0.1, -0.05) is 0 Å². The SMILES string of the molecule is NCC(n1cncc(Br)c1=O)C(F)(F)F. The largest absolute Gasteiger partial charge is 0.410 e. The molecule has 1 heterocycles. The zero-order chi connectivity index (χ0) is 11.6. The predicted octanol–water partition coefficient (Wildman–Crippen LogP) is 1.07. The molecule has 0 fully saturated rings. The number of halogens is 4. The number of hydrogen-bond acceptors (Lipinski definition) is 3. The summed E-state index contributed by atoms with van der Waals surface area (Å²) in [6, 6.07) is -2.05. The summed E-state index contributed by atoms with van der Waals surface area (Å²) in [5.41, 5.74) is 4.18. The van der Waals surface area contributed by atoms with E-state index >= 15 is 0 Å². The lowest BCUT2D eigenvalue weighted by Crippen LogP contribution is -2.39. The van der Waals surface area contributed by atoms with E-state index in [0.29, 0.717) is 4.57 Å². The fourth-order valence-corrected chi connectivity index (χ4v) is 1.35. The first-order valence-electron chi connectivity index (χ1n) is 3.86. The Hall–Kier alpha value is -0.890. The smallest absolute Gasteiger partial charge is 0.328 e. The normalized spacial score (nSPS) is 13.9. The molecule has 0 aromatic carbocycles. The zero-order valence-electron chi connectivity index (χ0n) is 7.33. The van der Waals surface area contributed by atoms with Crippen LogP contribution in [0.1, 0.15) is 6.04 Å². The molecule has 0 amide bonds. The molecule has 1 aromatic heterocycles. The maximum atomic E-state index is 12.4. The average Bonchev–Trinajstić information content (AvgIpc) is 2.11. The van der Waals surface area contributed by atoms with E-state index in [2.05, 4.69) is 20.9 Å². The first-order valence-corrected chi connectivity index (χ1v) is 4.65. The van der Waals surface area contributed by atoms with E-state index < -0.39 is 24.3 Å². The van der Waals surface area contributed by atoms with Gasteiger partial charge < -0.3 is 5.73 Å². The first-order chi connectivity index (χ1) is 6.88. The standard InChI is InChI=1S/C7H7BrF3N3O/c8-4-2-13-3-14(6(4)15)5(1-12)7(9,10)11/h2-3,5H,1,12H2. The summed E-state index contributed by atoms with van der Waals surface area (Å²) < 4.78 is 37.7. The Morgan fingerprint density at radius 2 is 2.20 bits per heavy atom. The second kappa shape index (κ2) is 4.31. The Morgan fingerprint density at radius 3 is 2.67 bits per heavy atom. The quantitative estimate of drug-likeness (QED) is 0.884. The Bertz CT molecular complexity index is 403. The molecule has 0 bridgehead atoms. The molecule has 0 radical (unpaired) electrons. The van der Waals surface area contributed by atoms with Gasteiger partial charge in [0.25, 0.3) is 5.56 Å². The maximum absolute atomic E-state index is 12.4. The van der Waals surface area contributed by atoms with Gasteiger partial charge in [-0.05, 0) is 15.9 Å². The minimum atomic E-state index is -4.57. The number of alkyl halides is 3. The molecule has 0 saturated heterocycles. The summed E-state index contributed by atoms with van der Waals surface area (Å²) in [6.07, 6.45) is -2.62. The van der Waals surface area contributed by atoms with Crippen molar-refractivity contribution in [3.63, 3.8) is 0 Å². The lowest BCUT2D eigenvalue weighted by molar-refractivity contribution is -0.165. The molecule has 0 aliphatic heterocycles. The molecule has 0 aliphatic rings. The van der Waals surface area contributed by atoms with Crippen molar-refractivity contribution in [2.75, 3.05) is 6.54 Å². The van der Waals surface area contributed by atoms with Crippen LogP contribution < -0.4 is 11.3 Å². The molecule has 0 spiro atoms. The van der Waals surface area contributed by atoms with Gasteiger partial charge in [0.1, 0.15) is 10.5 Å². The van der Waals surface area contributed by atoms with Gasteiger partial charge >= 0.3 is 6.18 Å². The highest BCUT2D eigenvalue weighted by molar-refractivity contribution is 9.10. The van der Waals surface area contributed by atoms with Crippen LogP contribution in [0.4, 0.5) is 13.2 Å². The van der Waals surface area contributed by atoms with Crippen molar-refractivity contribution >= 4 is 15.9 Å². The minimum Gasteiger partial charge on any atom is -0.328 e. The Balaban J connectivity index is 3.25. The number of nitrogens with two attached hydrogens (primary N) is 1. The summed E-state index contributed by atoms with van der Waals surface area (Å²) >= 11 is 2.81. The summed E-state index contributed by atoms with van der Waals surface area (Å²) in [7, 11) is 0. The van der Waals surface area contributed by atoms with Gasteiger partial charge in [0.05, 0.1) is 6.33 Å². The van der Waals surface area contributed by atoms with Crippen LogP contribution in [-0.2, 0) is 0 Å². The summed E-state index contributed by atoms with van der Waals surface area (Å²) in [5, 5.41) is 0. The molecule has 1 aromatic rings. The van der Waals surface area contributed by atoms with Gasteiger partial charge in [-0.3, -0.25) is 9.36 Å². The van der Waals surface area contributed by atoms with E-state index in [4.69, 9.17) is 5.73 Å². The lowest BCUT2D eigenvalue weighted by atomic mass is 10.3. The highest BCUT2D eigenvalue weighted by Crippen LogP contribution is 2.28. The van der Waals surface area contributed by atoms with Crippen LogP contribution in [-0.4, -0.2) is 22.3 Å². The molecule has 15 heavy (non-hydrogen) atoms. The highest BCUT2D eigenvalue weighted by Gasteiger charge is 2.40. The van der Waals surface area contributed by atoms with Crippen molar-refractivity contribution in [2.45, 2.75) is 12.2 Å². The van der Waals surface area contributed by atoms with Crippen molar-refractivity contribution in [1.82, 2.24) is 9.55 Å². The number of rotatable bonds is 2. The Morgan fingerprint density at radius 1 is 1.60 bits per heavy atom.